The maximum Gasteiger partial charge on any atom is 0.410 e. The van der Waals surface area contributed by atoms with E-state index in [9.17, 15) is 4.79 Å². The second kappa shape index (κ2) is 6.74. The molecular formula is C25H25NO3. The quantitative estimate of drug-likeness (QED) is 0.714. The van der Waals surface area contributed by atoms with Crippen molar-refractivity contribution in [1.29, 1.82) is 0 Å². The van der Waals surface area contributed by atoms with Crippen molar-refractivity contribution >= 4 is 6.09 Å². The first-order valence-corrected chi connectivity index (χ1v) is 10.7. The molecule has 3 aliphatic heterocycles. The van der Waals surface area contributed by atoms with Crippen LogP contribution in [0.5, 0.6) is 0 Å². The monoisotopic (exact) mass is 387 g/mol. The molecule has 6 rings (SSSR count). The Morgan fingerprint density at radius 3 is 2.31 bits per heavy atom. The van der Waals surface area contributed by atoms with Gasteiger partial charge in [0.2, 0.25) is 0 Å². The molecule has 0 radical (unpaired) electrons. The van der Waals surface area contributed by atoms with Crippen LogP contribution in [0.3, 0.4) is 0 Å². The Kier molecular flexibility index (Phi) is 4.01. The fraction of sp³-hybridized carbons (Fsp3) is 0.400. The molecule has 3 heterocycles. The molecule has 2 fully saturated rings. The number of hydrogen-bond acceptors (Lipinski definition) is 3. The zero-order chi connectivity index (χ0) is 19.4. The summed E-state index contributed by atoms with van der Waals surface area (Å²) in [7, 11) is 0. The number of benzene rings is 2. The van der Waals surface area contributed by atoms with Gasteiger partial charge in [-0.15, -0.1) is 0 Å². The molecule has 2 saturated heterocycles. The average molecular weight is 387 g/mol. The molecule has 4 aliphatic rings. The van der Waals surface area contributed by atoms with Crippen molar-refractivity contribution in [3.63, 3.8) is 0 Å². The van der Waals surface area contributed by atoms with Crippen LogP contribution >= 0.6 is 0 Å². The number of fused-ring (bicyclic) bond motifs is 5. The van der Waals surface area contributed by atoms with E-state index < -0.39 is 0 Å². The Balaban J connectivity index is 1.20. The third-order valence-electron chi connectivity index (χ3n) is 7.13. The summed E-state index contributed by atoms with van der Waals surface area (Å²) in [4.78, 5) is 15.0. The molecule has 29 heavy (non-hydrogen) atoms. The fourth-order valence-electron chi connectivity index (χ4n) is 5.57. The zero-order valence-corrected chi connectivity index (χ0v) is 16.4. The summed E-state index contributed by atoms with van der Waals surface area (Å²) in [5.41, 5.74) is 6.53. The highest BCUT2D eigenvalue weighted by Crippen LogP contribution is 2.45. The smallest absolute Gasteiger partial charge is 0.410 e. The molecule has 4 heteroatoms. The Morgan fingerprint density at radius 2 is 1.69 bits per heavy atom. The minimum Gasteiger partial charge on any atom is -0.448 e. The Hall–Kier alpha value is -2.59. The van der Waals surface area contributed by atoms with Crippen molar-refractivity contribution in [1.82, 2.24) is 4.90 Å². The molecule has 2 unspecified atom stereocenters. The number of hydrogen-bond donors (Lipinski definition) is 0. The number of carbonyl (C=O) groups excluding carboxylic acids is 1. The largest absolute Gasteiger partial charge is 0.448 e. The van der Waals surface area contributed by atoms with Gasteiger partial charge in [-0.25, -0.2) is 4.79 Å². The Bertz CT molecular complexity index is 948. The maximum atomic E-state index is 13.0. The summed E-state index contributed by atoms with van der Waals surface area (Å²) in [5, 5.41) is 0. The van der Waals surface area contributed by atoms with Gasteiger partial charge in [0, 0.05) is 17.9 Å². The van der Waals surface area contributed by atoms with Crippen molar-refractivity contribution in [2.75, 3.05) is 19.8 Å². The molecule has 4 nitrogen and oxygen atoms in total. The topological polar surface area (TPSA) is 38.8 Å². The SMILES string of the molecule is O=C(OCC1c2ccccc2-c2ccccc21)N1C2C=C(C3COC3)CC1CC2. The predicted octanol–water partition coefficient (Wildman–Crippen LogP) is 4.75. The maximum absolute atomic E-state index is 13.0. The Labute approximate surface area is 171 Å². The van der Waals surface area contributed by atoms with Gasteiger partial charge in [0.25, 0.3) is 0 Å². The van der Waals surface area contributed by atoms with Gasteiger partial charge in [0.1, 0.15) is 6.61 Å². The highest BCUT2D eigenvalue weighted by atomic mass is 16.6. The first-order valence-electron chi connectivity index (χ1n) is 10.7. The van der Waals surface area contributed by atoms with Gasteiger partial charge in [-0.05, 0) is 41.5 Å². The lowest BCUT2D eigenvalue weighted by atomic mass is 9.89. The number of rotatable bonds is 3. The lowest BCUT2D eigenvalue weighted by Gasteiger charge is -2.38. The summed E-state index contributed by atoms with van der Waals surface area (Å²) >= 11 is 0. The summed E-state index contributed by atoms with van der Waals surface area (Å²) in [6.07, 6.45) is 5.26. The van der Waals surface area contributed by atoms with Gasteiger partial charge in [-0.1, -0.05) is 60.2 Å². The van der Waals surface area contributed by atoms with Crippen LogP contribution in [0.1, 0.15) is 36.3 Å². The molecular weight excluding hydrogens is 362 g/mol. The normalized spacial score (nSPS) is 25.2. The van der Waals surface area contributed by atoms with E-state index in [1.54, 1.807) is 0 Å². The van der Waals surface area contributed by atoms with E-state index >= 15 is 0 Å². The standard InChI is InChI=1S/C25H25NO3/c27-25(26-18-9-10-19(26)12-16(11-18)17-13-28-14-17)29-15-24-22-7-3-1-5-20(22)21-6-2-4-8-23(21)24/h1-8,11,17-19,24H,9-10,12-15H2. The summed E-state index contributed by atoms with van der Waals surface area (Å²) < 4.78 is 11.3. The van der Waals surface area contributed by atoms with Crippen molar-refractivity contribution in [2.45, 2.75) is 37.3 Å². The van der Waals surface area contributed by atoms with Crippen molar-refractivity contribution < 1.29 is 14.3 Å². The lowest BCUT2D eigenvalue weighted by Crippen LogP contribution is -2.45. The third-order valence-corrected chi connectivity index (χ3v) is 7.13. The first kappa shape index (κ1) is 17.3. The van der Waals surface area contributed by atoms with Crippen LogP contribution in [-0.2, 0) is 9.47 Å². The van der Waals surface area contributed by atoms with E-state index in [2.05, 4.69) is 54.6 Å². The lowest BCUT2D eigenvalue weighted by molar-refractivity contribution is -0.0175. The highest BCUT2D eigenvalue weighted by Gasteiger charge is 2.43. The summed E-state index contributed by atoms with van der Waals surface area (Å²) in [6.45, 7) is 2.09. The van der Waals surface area contributed by atoms with E-state index in [0.29, 0.717) is 12.5 Å². The van der Waals surface area contributed by atoms with E-state index in [1.807, 2.05) is 4.90 Å². The van der Waals surface area contributed by atoms with Crippen LogP contribution < -0.4 is 0 Å². The fourth-order valence-corrected chi connectivity index (χ4v) is 5.57. The highest BCUT2D eigenvalue weighted by molar-refractivity contribution is 5.79. The van der Waals surface area contributed by atoms with Crippen LogP contribution in [0.15, 0.2) is 60.2 Å². The van der Waals surface area contributed by atoms with Crippen LogP contribution in [0, 0.1) is 5.92 Å². The van der Waals surface area contributed by atoms with Crippen LogP contribution in [0.4, 0.5) is 4.79 Å². The minimum atomic E-state index is -0.153. The molecule has 148 valence electrons. The molecule has 1 aliphatic carbocycles. The third kappa shape index (κ3) is 2.73. The van der Waals surface area contributed by atoms with E-state index in [1.165, 1.54) is 27.8 Å². The van der Waals surface area contributed by atoms with Gasteiger partial charge in [0.15, 0.2) is 0 Å². The number of nitrogens with zero attached hydrogens (tertiary/aromatic N) is 1. The van der Waals surface area contributed by atoms with Gasteiger partial charge in [-0.3, -0.25) is 4.90 Å². The first-order chi connectivity index (χ1) is 14.3. The molecule has 2 atom stereocenters. The average Bonchev–Trinajstić information content (AvgIpc) is 3.17. The number of amides is 1. The van der Waals surface area contributed by atoms with Crippen molar-refractivity contribution in [3.05, 3.63) is 71.3 Å². The molecule has 2 aromatic carbocycles. The molecule has 0 N–H and O–H groups in total. The number of carbonyl (C=O) groups is 1. The van der Waals surface area contributed by atoms with Gasteiger partial charge >= 0.3 is 6.09 Å². The van der Waals surface area contributed by atoms with Crippen LogP contribution in [0.25, 0.3) is 11.1 Å². The molecule has 1 amide bonds. The molecule has 0 saturated carbocycles. The van der Waals surface area contributed by atoms with Gasteiger partial charge in [0.05, 0.1) is 19.3 Å². The minimum absolute atomic E-state index is 0.118. The second-order valence-corrected chi connectivity index (χ2v) is 8.69. The molecule has 2 aromatic rings. The summed E-state index contributed by atoms with van der Waals surface area (Å²) in [5.74, 6) is 0.690. The van der Waals surface area contributed by atoms with Crippen molar-refractivity contribution in [3.8, 4) is 11.1 Å². The van der Waals surface area contributed by atoms with Crippen LogP contribution in [-0.4, -0.2) is 42.9 Å². The number of ether oxygens (including phenoxy) is 2. The van der Waals surface area contributed by atoms with E-state index in [4.69, 9.17) is 9.47 Å². The molecule has 0 aromatic heterocycles. The van der Waals surface area contributed by atoms with Crippen LogP contribution in [0.2, 0.25) is 0 Å². The van der Waals surface area contributed by atoms with Gasteiger partial charge in [-0.2, -0.15) is 0 Å². The van der Waals surface area contributed by atoms with Gasteiger partial charge < -0.3 is 9.47 Å². The van der Waals surface area contributed by atoms with Crippen molar-refractivity contribution in [2.24, 2.45) is 5.92 Å². The second-order valence-electron chi connectivity index (χ2n) is 8.69. The molecule has 2 bridgehead atoms. The Morgan fingerprint density at radius 1 is 1.00 bits per heavy atom. The summed E-state index contributed by atoms with van der Waals surface area (Å²) in [6, 6.07) is 17.4. The predicted molar refractivity (Wildman–Crippen MR) is 111 cm³/mol. The van der Waals surface area contributed by atoms with E-state index in [-0.39, 0.29) is 24.1 Å². The zero-order valence-electron chi connectivity index (χ0n) is 16.4. The van der Waals surface area contributed by atoms with E-state index in [0.717, 1.165) is 32.5 Å². The molecule has 0 spiro atoms.